The average Bonchev–Trinajstić information content (AvgIpc) is 3.04. The molecule has 5 rings (SSSR count). The molecule has 4 heterocycles. The van der Waals surface area contributed by atoms with Crippen LogP contribution in [0.5, 0.6) is 0 Å². The van der Waals surface area contributed by atoms with E-state index >= 15 is 0 Å². The van der Waals surface area contributed by atoms with Crippen LogP contribution < -0.4 is 10.9 Å². The summed E-state index contributed by atoms with van der Waals surface area (Å²) in [6.45, 7) is 8.93. The van der Waals surface area contributed by atoms with Crippen molar-refractivity contribution in [2.24, 2.45) is 7.05 Å². The van der Waals surface area contributed by atoms with Crippen LogP contribution in [0.15, 0.2) is 41.5 Å². The number of hydrogen-bond donors (Lipinski definition) is 2. The molecular formula is C24H28N6O. The number of rotatable bonds is 2. The number of H-pyrrole nitrogens is 1. The molecule has 0 radical (unpaired) electrons. The van der Waals surface area contributed by atoms with Gasteiger partial charge in [0.05, 0.1) is 10.9 Å². The van der Waals surface area contributed by atoms with Gasteiger partial charge >= 0.3 is 0 Å². The minimum Gasteiger partial charge on any atom is -0.307 e. The lowest BCUT2D eigenvalue weighted by Gasteiger charge is -2.46. The second-order valence-corrected chi connectivity index (χ2v) is 10.1. The van der Waals surface area contributed by atoms with Crippen LogP contribution in [0.4, 0.5) is 0 Å². The molecule has 0 unspecified atom stereocenters. The lowest BCUT2D eigenvalue weighted by atomic mass is 9.73. The van der Waals surface area contributed by atoms with Gasteiger partial charge in [0.2, 0.25) is 0 Å². The van der Waals surface area contributed by atoms with Gasteiger partial charge in [-0.1, -0.05) is 0 Å². The number of aromatic amines is 1. The highest BCUT2D eigenvalue weighted by atomic mass is 16.1. The first-order valence-electron chi connectivity index (χ1n) is 10.7. The van der Waals surface area contributed by atoms with E-state index in [-0.39, 0.29) is 16.6 Å². The van der Waals surface area contributed by atoms with Crippen molar-refractivity contribution in [3.05, 3.63) is 52.6 Å². The molecule has 0 atom stereocenters. The normalized spacial score (nSPS) is 18.6. The van der Waals surface area contributed by atoms with Crippen LogP contribution in [0.2, 0.25) is 0 Å². The molecule has 7 nitrogen and oxygen atoms in total. The minimum atomic E-state index is -0.159. The number of benzene rings is 1. The molecule has 0 amide bonds. The van der Waals surface area contributed by atoms with Gasteiger partial charge in [-0.2, -0.15) is 5.10 Å². The second kappa shape index (κ2) is 6.72. The van der Waals surface area contributed by atoms with Crippen LogP contribution >= 0.6 is 0 Å². The van der Waals surface area contributed by atoms with Gasteiger partial charge < -0.3 is 10.3 Å². The zero-order valence-electron chi connectivity index (χ0n) is 18.7. The van der Waals surface area contributed by atoms with Crippen molar-refractivity contribution in [3.63, 3.8) is 0 Å². The standard InChI is InChI=1S/C24H28N6O/c1-23(2)10-17(11-24(3,4)29-23)15-9-18-21(25-12-15)26-20(27-22(18)31)14-6-7-19-16(8-14)13-30(5)28-19/h6-9,12-13,17,29H,10-11H2,1-5H3,(H,25,26,27,31). The molecule has 0 aliphatic carbocycles. The van der Waals surface area contributed by atoms with Gasteiger partial charge in [-0.05, 0) is 76.3 Å². The van der Waals surface area contributed by atoms with Crippen molar-refractivity contribution in [2.45, 2.75) is 57.5 Å². The molecule has 2 N–H and O–H groups in total. The Hall–Kier alpha value is -3.06. The zero-order chi connectivity index (χ0) is 22.0. The van der Waals surface area contributed by atoms with E-state index in [0.717, 1.165) is 34.9 Å². The van der Waals surface area contributed by atoms with Crippen LogP contribution in [0.3, 0.4) is 0 Å². The van der Waals surface area contributed by atoms with Crippen molar-refractivity contribution in [1.82, 2.24) is 30.0 Å². The number of pyridine rings is 1. The van der Waals surface area contributed by atoms with Gasteiger partial charge in [-0.25, -0.2) is 9.97 Å². The topological polar surface area (TPSA) is 88.5 Å². The zero-order valence-corrected chi connectivity index (χ0v) is 18.7. The van der Waals surface area contributed by atoms with E-state index in [1.807, 2.05) is 43.7 Å². The molecule has 1 aliphatic rings. The summed E-state index contributed by atoms with van der Waals surface area (Å²) in [4.78, 5) is 25.2. The lowest BCUT2D eigenvalue weighted by Crippen LogP contribution is -2.57. The fourth-order valence-corrected chi connectivity index (χ4v) is 5.25. The quantitative estimate of drug-likeness (QED) is 0.517. The summed E-state index contributed by atoms with van der Waals surface area (Å²) in [5.74, 6) is 0.864. The molecule has 0 bridgehead atoms. The maximum atomic E-state index is 13.0. The maximum Gasteiger partial charge on any atom is 0.260 e. The van der Waals surface area contributed by atoms with E-state index in [4.69, 9.17) is 0 Å². The molecule has 3 aromatic heterocycles. The predicted molar refractivity (Wildman–Crippen MR) is 123 cm³/mol. The predicted octanol–water partition coefficient (Wildman–Crippen LogP) is 3.90. The summed E-state index contributed by atoms with van der Waals surface area (Å²) in [5, 5.41) is 9.65. The molecule has 1 fully saturated rings. The van der Waals surface area contributed by atoms with Crippen molar-refractivity contribution < 1.29 is 0 Å². The third-order valence-corrected chi connectivity index (χ3v) is 6.14. The fraction of sp³-hybridized carbons (Fsp3) is 0.417. The number of aromatic nitrogens is 5. The Morgan fingerprint density at radius 1 is 1.10 bits per heavy atom. The maximum absolute atomic E-state index is 13.0. The summed E-state index contributed by atoms with van der Waals surface area (Å²) in [7, 11) is 1.89. The molecule has 7 heteroatoms. The molecule has 160 valence electrons. The molecule has 1 aliphatic heterocycles. The summed E-state index contributed by atoms with van der Waals surface area (Å²) in [6.07, 6.45) is 5.84. The summed E-state index contributed by atoms with van der Waals surface area (Å²) >= 11 is 0. The molecule has 1 saturated heterocycles. The van der Waals surface area contributed by atoms with Crippen molar-refractivity contribution in [2.75, 3.05) is 0 Å². The second-order valence-electron chi connectivity index (χ2n) is 10.1. The van der Waals surface area contributed by atoms with Crippen LogP contribution in [0.25, 0.3) is 33.3 Å². The third kappa shape index (κ3) is 3.74. The molecule has 0 spiro atoms. The number of nitrogens with zero attached hydrogens (tertiary/aromatic N) is 4. The highest BCUT2D eigenvalue weighted by Crippen LogP contribution is 2.39. The third-order valence-electron chi connectivity index (χ3n) is 6.14. The van der Waals surface area contributed by atoms with Gasteiger partial charge in [0.25, 0.3) is 5.56 Å². The summed E-state index contributed by atoms with van der Waals surface area (Å²) < 4.78 is 1.78. The van der Waals surface area contributed by atoms with E-state index in [2.05, 4.69) is 53.1 Å². The van der Waals surface area contributed by atoms with E-state index < -0.39 is 0 Å². The largest absolute Gasteiger partial charge is 0.307 e. The van der Waals surface area contributed by atoms with E-state index in [1.165, 1.54) is 0 Å². The Kier molecular flexibility index (Phi) is 4.31. The van der Waals surface area contributed by atoms with Crippen molar-refractivity contribution in [1.29, 1.82) is 0 Å². The highest BCUT2D eigenvalue weighted by molar-refractivity contribution is 5.84. The first-order chi connectivity index (χ1) is 14.6. The van der Waals surface area contributed by atoms with Crippen molar-refractivity contribution >= 4 is 21.9 Å². The van der Waals surface area contributed by atoms with Gasteiger partial charge in [-0.3, -0.25) is 9.48 Å². The monoisotopic (exact) mass is 416 g/mol. The number of aryl methyl sites for hydroxylation is 1. The first-order valence-corrected chi connectivity index (χ1v) is 10.7. The Morgan fingerprint density at radius 3 is 2.58 bits per heavy atom. The Bertz CT molecular complexity index is 1350. The molecule has 0 saturated carbocycles. The SMILES string of the molecule is Cn1cc2cc(-c3nc4ncc(C5CC(C)(C)NC(C)(C)C5)cc4c(=O)[nH]3)ccc2n1. The number of piperidine rings is 1. The molecular weight excluding hydrogens is 388 g/mol. The highest BCUT2D eigenvalue weighted by Gasteiger charge is 2.38. The van der Waals surface area contributed by atoms with Crippen molar-refractivity contribution in [3.8, 4) is 11.4 Å². The lowest BCUT2D eigenvalue weighted by molar-refractivity contribution is 0.161. The van der Waals surface area contributed by atoms with Gasteiger partial charge in [0.1, 0.15) is 5.82 Å². The number of nitrogens with one attached hydrogen (secondary N) is 2. The smallest absolute Gasteiger partial charge is 0.260 e. The van der Waals surface area contributed by atoms with Crippen LogP contribution in [0.1, 0.15) is 52.0 Å². The van der Waals surface area contributed by atoms with E-state index in [1.54, 1.807) is 4.68 Å². The number of fused-ring (bicyclic) bond motifs is 2. The summed E-state index contributed by atoms with van der Waals surface area (Å²) in [5.41, 5.74) is 3.22. The van der Waals surface area contributed by atoms with Gasteiger partial charge in [-0.15, -0.1) is 0 Å². The Morgan fingerprint density at radius 2 is 1.84 bits per heavy atom. The first kappa shape index (κ1) is 19.9. The molecule has 31 heavy (non-hydrogen) atoms. The average molecular weight is 417 g/mol. The van der Waals surface area contributed by atoms with E-state index in [0.29, 0.717) is 22.8 Å². The van der Waals surface area contributed by atoms with Gasteiger partial charge in [0.15, 0.2) is 5.65 Å². The Balaban J connectivity index is 1.55. The fourth-order valence-electron chi connectivity index (χ4n) is 5.25. The molecule has 1 aromatic carbocycles. The van der Waals surface area contributed by atoms with Gasteiger partial charge in [0, 0.05) is 41.5 Å². The molecule has 4 aromatic rings. The minimum absolute atomic E-state index is 0.0286. The van der Waals surface area contributed by atoms with Crippen LogP contribution in [-0.2, 0) is 7.05 Å². The Labute approximate surface area is 180 Å². The van der Waals surface area contributed by atoms with Crippen LogP contribution in [-0.4, -0.2) is 35.8 Å². The summed E-state index contributed by atoms with van der Waals surface area (Å²) in [6, 6.07) is 7.82. The van der Waals surface area contributed by atoms with E-state index in [9.17, 15) is 4.79 Å². The number of hydrogen-bond acceptors (Lipinski definition) is 5. The van der Waals surface area contributed by atoms with Crippen LogP contribution in [0, 0.1) is 0 Å².